The molecule has 8 heteroatoms. The summed E-state index contributed by atoms with van der Waals surface area (Å²) in [6, 6.07) is 9.82. The summed E-state index contributed by atoms with van der Waals surface area (Å²) >= 11 is 1.76. The lowest BCUT2D eigenvalue weighted by Gasteiger charge is -2.17. The molecule has 0 radical (unpaired) electrons. The van der Waals surface area contributed by atoms with Gasteiger partial charge in [-0.05, 0) is 45.9 Å². The molecule has 0 aliphatic carbocycles. The van der Waals surface area contributed by atoms with Crippen LogP contribution < -0.4 is 0 Å². The average Bonchev–Trinajstić information content (AvgIpc) is 2.60. The van der Waals surface area contributed by atoms with Crippen molar-refractivity contribution in [1.82, 2.24) is 4.98 Å². The zero-order valence-corrected chi connectivity index (χ0v) is 15.5. The van der Waals surface area contributed by atoms with Crippen LogP contribution in [-0.2, 0) is 12.4 Å². The van der Waals surface area contributed by atoms with E-state index in [0.29, 0.717) is 0 Å². The molecular formula is C19H10F6IN. The van der Waals surface area contributed by atoms with Crippen LogP contribution in [0, 0.1) is 3.57 Å². The van der Waals surface area contributed by atoms with Gasteiger partial charge in [0.1, 0.15) is 0 Å². The van der Waals surface area contributed by atoms with E-state index in [1.807, 2.05) is 0 Å². The van der Waals surface area contributed by atoms with Crippen molar-refractivity contribution in [3.05, 3.63) is 75.6 Å². The lowest BCUT2D eigenvalue weighted by Crippen LogP contribution is -2.09. The summed E-state index contributed by atoms with van der Waals surface area (Å²) in [6.07, 6.45) is -6.74. The van der Waals surface area contributed by atoms with Crippen molar-refractivity contribution in [1.29, 1.82) is 0 Å². The van der Waals surface area contributed by atoms with Gasteiger partial charge in [0, 0.05) is 27.1 Å². The van der Waals surface area contributed by atoms with E-state index in [-0.39, 0.29) is 25.8 Å². The predicted molar refractivity (Wildman–Crippen MR) is 97.8 cm³/mol. The van der Waals surface area contributed by atoms with Gasteiger partial charge in [0.2, 0.25) is 0 Å². The summed E-state index contributed by atoms with van der Waals surface area (Å²) in [4.78, 5) is 3.91. The Morgan fingerprint density at radius 1 is 0.593 bits per heavy atom. The number of hydrogen-bond donors (Lipinski definition) is 0. The van der Waals surface area contributed by atoms with Crippen molar-refractivity contribution in [2.45, 2.75) is 12.4 Å². The zero-order valence-electron chi connectivity index (χ0n) is 13.4. The van der Waals surface area contributed by atoms with Crippen molar-refractivity contribution in [2.24, 2.45) is 0 Å². The molecule has 3 rings (SSSR count). The molecule has 1 nitrogen and oxygen atoms in total. The number of nitrogens with zero attached hydrogens (tertiary/aromatic N) is 1. The molecule has 27 heavy (non-hydrogen) atoms. The molecule has 0 saturated carbocycles. The summed E-state index contributed by atoms with van der Waals surface area (Å²) in [5, 5.41) is 0. The molecule has 2 aromatic carbocycles. The Bertz CT molecular complexity index is 903. The van der Waals surface area contributed by atoms with Crippen LogP contribution in [0.4, 0.5) is 26.3 Å². The van der Waals surface area contributed by atoms with Crippen LogP contribution in [0.15, 0.2) is 60.9 Å². The monoisotopic (exact) mass is 493 g/mol. The minimum atomic E-state index is -4.60. The van der Waals surface area contributed by atoms with E-state index in [2.05, 4.69) is 4.98 Å². The van der Waals surface area contributed by atoms with Crippen molar-refractivity contribution in [2.75, 3.05) is 0 Å². The van der Waals surface area contributed by atoms with Gasteiger partial charge in [-0.15, -0.1) is 0 Å². The van der Waals surface area contributed by atoms with E-state index in [9.17, 15) is 26.3 Å². The van der Waals surface area contributed by atoms with Gasteiger partial charge in [-0.2, -0.15) is 26.3 Å². The molecule has 0 aliphatic heterocycles. The van der Waals surface area contributed by atoms with Gasteiger partial charge < -0.3 is 0 Å². The second-order valence-electron chi connectivity index (χ2n) is 5.64. The lowest BCUT2D eigenvalue weighted by molar-refractivity contribution is -0.137. The fraction of sp³-hybridized carbons (Fsp3) is 0.105. The average molecular weight is 493 g/mol. The van der Waals surface area contributed by atoms with E-state index >= 15 is 0 Å². The fourth-order valence-corrected chi connectivity index (χ4v) is 3.61. The largest absolute Gasteiger partial charge is 0.417 e. The summed E-state index contributed by atoms with van der Waals surface area (Å²) < 4.78 is 80.3. The van der Waals surface area contributed by atoms with Gasteiger partial charge in [-0.1, -0.05) is 36.4 Å². The molecule has 0 unspecified atom stereocenters. The maximum absolute atomic E-state index is 13.3. The van der Waals surface area contributed by atoms with Gasteiger partial charge in [0.25, 0.3) is 0 Å². The number of benzene rings is 2. The molecule has 0 spiro atoms. The van der Waals surface area contributed by atoms with Crippen molar-refractivity contribution >= 4 is 22.6 Å². The number of rotatable bonds is 2. The maximum atomic E-state index is 13.3. The number of halogens is 7. The second-order valence-corrected chi connectivity index (χ2v) is 6.71. The minimum Gasteiger partial charge on any atom is -0.263 e. The third-order valence-electron chi connectivity index (χ3n) is 3.93. The minimum absolute atomic E-state index is 0.123. The third kappa shape index (κ3) is 3.95. The zero-order chi connectivity index (χ0) is 19.8. The Morgan fingerprint density at radius 2 is 0.963 bits per heavy atom. The van der Waals surface area contributed by atoms with Gasteiger partial charge in [-0.3, -0.25) is 4.98 Å². The number of pyridine rings is 1. The second kappa shape index (κ2) is 7.14. The van der Waals surface area contributed by atoms with E-state index in [1.165, 1.54) is 48.8 Å². The molecule has 0 aliphatic rings. The van der Waals surface area contributed by atoms with E-state index in [0.717, 1.165) is 12.1 Å². The van der Waals surface area contributed by atoms with Gasteiger partial charge in [0.05, 0.1) is 11.1 Å². The van der Waals surface area contributed by atoms with Crippen molar-refractivity contribution in [3.63, 3.8) is 0 Å². The predicted octanol–water partition coefficient (Wildman–Crippen LogP) is 7.06. The summed E-state index contributed by atoms with van der Waals surface area (Å²) in [7, 11) is 0. The molecule has 0 fully saturated rings. The first-order chi connectivity index (χ1) is 12.6. The summed E-state index contributed by atoms with van der Waals surface area (Å²) in [5.41, 5.74) is -1.76. The Labute approximate surface area is 164 Å². The normalized spacial score (nSPS) is 12.3. The Kier molecular flexibility index (Phi) is 5.20. The quantitative estimate of drug-likeness (QED) is 0.275. The first-order valence-electron chi connectivity index (χ1n) is 7.57. The number of alkyl halides is 6. The van der Waals surface area contributed by atoms with Crippen LogP contribution in [-0.4, -0.2) is 4.98 Å². The first-order valence-corrected chi connectivity index (χ1v) is 8.65. The van der Waals surface area contributed by atoms with E-state index in [4.69, 9.17) is 0 Å². The van der Waals surface area contributed by atoms with Crippen LogP contribution in [0.1, 0.15) is 11.1 Å². The number of aromatic nitrogens is 1. The molecule has 0 bridgehead atoms. The van der Waals surface area contributed by atoms with E-state index in [1.54, 1.807) is 22.6 Å². The molecule has 0 amide bonds. The highest BCUT2D eigenvalue weighted by Gasteiger charge is 2.35. The standard InChI is InChI=1S/C19H10F6IN/c20-18(21,22)15-7-3-1-5-11(15)13-9-27-10-14(17(13)26)12-6-2-4-8-16(12)19(23,24)25/h1-10H. The molecule has 140 valence electrons. The Balaban J connectivity index is 2.25. The van der Waals surface area contributed by atoms with Gasteiger partial charge in [-0.25, -0.2) is 0 Å². The SMILES string of the molecule is FC(F)(F)c1ccccc1-c1cncc(-c2ccccc2C(F)(F)F)c1I. The molecule has 0 atom stereocenters. The molecule has 0 saturated heterocycles. The molecule has 1 heterocycles. The van der Waals surface area contributed by atoms with Crippen LogP contribution in [0.2, 0.25) is 0 Å². The van der Waals surface area contributed by atoms with Crippen molar-refractivity contribution in [3.8, 4) is 22.3 Å². The topological polar surface area (TPSA) is 12.9 Å². The van der Waals surface area contributed by atoms with Gasteiger partial charge in [0.15, 0.2) is 0 Å². The fourth-order valence-electron chi connectivity index (χ4n) is 2.75. The highest BCUT2D eigenvalue weighted by molar-refractivity contribution is 14.1. The molecular weight excluding hydrogens is 483 g/mol. The number of hydrogen-bond acceptors (Lipinski definition) is 1. The van der Waals surface area contributed by atoms with Gasteiger partial charge >= 0.3 is 12.4 Å². The third-order valence-corrected chi connectivity index (χ3v) is 5.09. The van der Waals surface area contributed by atoms with Crippen LogP contribution in [0.25, 0.3) is 22.3 Å². The Morgan fingerprint density at radius 3 is 1.33 bits per heavy atom. The molecule has 0 N–H and O–H groups in total. The first kappa shape index (κ1) is 19.7. The van der Waals surface area contributed by atoms with E-state index < -0.39 is 23.5 Å². The van der Waals surface area contributed by atoms with Crippen LogP contribution in [0.5, 0.6) is 0 Å². The van der Waals surface area contributed by atoms with Crippen LogP contribution in [0.3, 0.4) is 0 Å². The van der Waals surface area contributed by atoms with Crippen molar-refractivity contribution < 1.29 is 26.3 Å². The summed E-state index contributed by atoms with van der Waals surface area (Å²) in [5.74, 6) is 0. The van der Waals surface area contributed by atoms with Crippen LogP contribution >= 0.6 is 22.6 Å². The Hall–Kier alpha value is -2.10. The smallest absolute Gasteiger partial charge is 0.263 e. The lowest BCUT2D eigenvalue weighted by atomic mass is 9.95. The molecule has 3 aromatic rings. The maximum Gasteiger partial charge on any atom is 0.417 e. The summed E-state index contributed by atoms with van der Waals surface area (Å²) in [6.45, 7) is 0. The highest BCUT2D eigenvalue weighted by Crippen LogP contribution is 2.42. The molecule has 1 aromatic heterocycles. The highest BCUT2D eigenvalue weighted by atomic mass is 127.